The lowest BCUT2D eigenvalue weighted by Gasteiger charge is -2.18. The van der Waals surface area contributed by atoms with Crippen molar-refractivity contribution in [3.63, 3.8) is 0 Å². The Morgan fingerprint density at radius 3 is 2.29 bits per heavy atom. The summed E-state index contributed by atoms with van der Waals surface area (Å²) in [6.45, 7) is 6.41. The first-order valence-electron chi connectivity index (χ1n) is 6.52. The molecule has 1 N–H and O–H groups in total. The Kier molecular flexibility index (Phi) is 3.72. The zero-order chi connectivity index (χ0) is 12.4. The minimum Gasteiger partial charge on any atom is -0.490 e. The van der Waals surface area contributed by atoms with E-state index in [2.05, 4.69) is 38.2 Å². The highest BCUT2D eigenvalue weighted by Gasteiger charge is 2.25. The van der Waals surface area contributed by atoms with Gasteiger partial charge in [-0.2, -0.15) is 0 Å². The molecule has 0 aliphatic heterocycles. The molecule has 2 nitrogen and oxygen atoms in total. The van der Waals surface area contributed by atoms with Gasteiger partial charge in [0.1, 0.15) is 11.9 Å². The van der Waals surface area contributed by atoms with E-state index in [0.29, 0.717) is 12.1 Å². The fourth-order valence-corrected chi connectivity index (χ4v) is 2.83. The molecule has 0 bridgehead atoms. The van der Waals surface area contributed by atoms with Gasteiger partial charge in [-0.15, -0.1) is 0 Å². The highest BCUT2D eigenvalue weighted by Crippen LogP contribution is 2.30. The van der Waals surface area contributed by atoms with Crippen LogP contribution in [0.15, 0.2) is 12.1 Å². The Morgan fingerprint density at radius 1 is 1.12 bits per heavy atom. The molecule has 1 aromatic carbocycles. The molecule has 0 spiro atoms. The van der Waals surface area contributed by atoms with Gasteiger partial charge in [-0.05, 0) is 58.2 Å². The zero-order valence-corrected chi connectivity index (χ0v) is 11.3. The van der Waals surface area contributed by atoms with E-state index in [1.807, 2.05) is 7.05 Å². The van der Waals surface area contributed by atoms with Crippen LogP contribution in [0, 0.1) is 20.8 Å². The van der Waals surface area contributed by atoms with Crippen LogP contribution in [-0.2, 0) is 0 Å². The quantitative estimate of drug-likeness (QED) is 0.866. The normalized spacial score (nSPS) is 24.0. The molecule has 1 aliphatic carbocycles. The zero-order valence-electron chi connectivity index (χ0n) is 11.3. The fourth-order valence-electron chi connectivity index (χ4n) is 2.83. The predicted molar refractivity (Wildman–Crippen MR) is 71.8 cm³/mol. The van der Waals surface area contributed by atoms with Crippen LogP contribution in [0.25, 0.3) is 0 Å². The summed E-state index contributed by atoms with van der Waals surface area (Å²) < 4.78 is 6.18. The average Bonchev–Trinajstić information content (AvgIpc) is 2.71. The molecule has 0 aromatic heterocycles. The number of benzene rings is 1. The molecular weight excluding hydrogens is 210 g/mol. The number of aryl methyl sites for hydroxylation is 3. The molecule has 94 valence electrons. The summed E-state index contributed by atoms with van der Waals surface area (Å²) in [5.41, 5.74) is 3.83. The second-order valence-corrected chi connectivity index (χ2v) is 5.27. The van der Waals surface area contributed by atoms with Gasteiger partial charge in [-0.3, -0.25) is 0 Å². The van der Waals surface area contributed by atoms with Crippen LogP contribution < -0.4 is 10.1 Å². The van der Waals surface area contributed by atoms with Crippen LogP contribution in [-0.4, -0.2) is 19.2 Å². The third-order valence-electron chi connectivity index (χ3n) is 3.68. The van der Waals surface area contributed by atoms with Crippen molar-refractivity contribution in [1.82, 2.24) is 5.32 Å². The first-order chi connectivity index (χ1) is 8.10. The molecule has 1 saturated carbocycles. The van der Waals surface area contributed by atoms with Crippen LogP contribution in [0.2, 0.25) is 0 Å². The summed E-state index contributed by atoms with van der Waals surface area (Å²) in [5, 5.41) is 3.34. The molecule has 1 aliphatic rings. The van der Waals surface area contributed by atoms with Crippen molar-refractivity contribution in [2.45, 2.75) is 52.2 Å². The topological polar surface area (TPSA) is 21.3 Å². The van der Waals surface area contributed by atoms with Gasteiger partial charge >= 0.3 is 0 Å². The third kappa shape index (κ3) is 2.81. The minimum absolute atomic E-state index is 0.382. The lowest BCUT2D eigenvalue weighted by atomic mass is 10.1. The number of hydrogen-bond donors (Lipinski definition) is 1. The first kappa shape index (κ1) is 12.4. The van der Waals surface area contributed by atoms with E-state index in [1.165, 1.54) is 23.1 Å². The molecule has 2 atom stereocenters. The molecular formula is C15H23NO. The first-order valence-corrected chi connectivity index (χ1v) is 6.52. The molecule has 1 fully saturated rings. The van der Waals surface area contributed by atoms with Gasteiger partial charge in [0.15, 0.2) is 0 Å². The summed E-state index contributed by atoms with van der Waals surface area (Å²) in [5.74, 6) is 1.09. The van der Waals surface area contributed by atoms with Crippen molar-refractivity contribution in [3.8, 4) is 5.75 Å². The van der Waals surface area contributed by atoms with E-state index >= 15 is 0 Å². The van der Waals surface area contributed by atoms with Crippen LogP contribution in [0.5, 0.6) is 5.75 Å². The summed E-state index contributed by atoms with van der Waals surface area (Å²) in [6, 6.07) is 5.03. The van der Waals surface area contributed by atoms with Gasteiger partial charge in [-0.25, -0.2) is 0 Å². The SMILES string of the molecule is CNC1CCC(Oc2c(C)cc(C)cc2C)C1. The van der Waals surface area contributed by atoms with E-state index in [9.17, 15) is 0 Å². The lowest BCUT2D eigenvalue weighted by Crippen LogP contribution is -2.23. The van der Waals surface area contributed by atoms with Gasteiger partial charge in [0.05, 0.1) is 0 Å². The van der Waals surface area contributed by atoms with Gasteiger partial charge in [-0.1, -0.05) is 17.7 Å². The Morgan fingerprint density at radius 2 is 1.76 bits per heavy atom. The minimum atomic E-state index is 0.382. The average molecular weight is 233 g/mol. The maximum absolute atomic E-state index is 6.18. The number of rotatable bonds is 3. The van der Waals surface area contributed by atoms with Crippen molar-refractivity contribution in [3.05, 3.63) is 28.8 Å². The number of hydrogen-bond acceptors (Lipinski definition) is 2. The van der Waals surface area contributed by atoms with Crippen molar-refractivity contribution in [2.75, 3.05) is 7.05 Å². The second kappa shape index (κ2) is 5.09. The molecule has 0 amide bonds. The monoisotopic (exact) mass is 233 g/mol. The lowest BCUT2D eigenvalue weighted by molar-refractivity contribution is 0.204. The predicted octanol–water partition coefficient (Wildman–Crippen LogP) is 3.13. The number of nitrogens with one attached hydrogen (secondary N) is 1. The summed E-state index contributed by atoms with van der Waals surface area (Å²) in [7, 11) is 2.04. The summed E-state index contributed by atoms with van der Waals surface area (Å²) >= 11 is 0. The molecule has 0 saturated heterocycles. The Hall–Kier alpha value is -1.02. The van der Waals surface area contributed by atoms with Gasteiger partial charge in [0.25, 0.3) is 0 Å². The molecule has 2 heteroatoms. The van der Waals surface area contributed by atoms with Crippen molar-refractivity contribution >= 4 is 0 Å². The Labute approximate surface area is 104 Å². The van der Waals surface area contributed by atoms with Crippen molar-refractivity contribution < 1.29 is 4.74 Å². The summed E-state index contributed by atoms with van der Waals surface area (Å²) in [4.78, 5) is 0. The molecule has 0 radical (unpaired) electrons. The van der Waals surface area contributed by atoms with Crippen LogP contribution in [0.4, 0.5) is 0 Å². The van der Waals surface area contributed by atoms with E-state index in [-0.39, 0.29) is 0 Å². The van der Waals surface area contributed by atoms with E-state index in [4.69, 9.17) is 4.74 Å². The highest BCUT2D eigenvalue weighted by molar-refractivity contribution is 5.43. The molecule has 0 heterocycles. The van der Waals surface area contributed by atoms with Crippen molar-refractivity contribution in [2.24, 2.45) is 0 Å². The third-order valence-corrected chi connectivity index (χ3v) is 3.68. The van der Waals surface area contributed by atoms with E-state index in [1.54, 1.807) is 0 Å². The van der Waals surface area contributed by atoms with E-state index in [0.717, 1.165) is 18.6 Å². The largest absolute Gasteiger partial charge is 0.490 e. The second-order valence-electron chi connectivity index (χ2n) is 5.27. The Bertz CT molecular complexity index is 377. The van der Waals surface area contributed by atoms with Crippen molar-refractivity contribution in [1.29, 1.82) is 0 Å². The van der Waals surface area contributed by atoms with Crippen LogP contribution >= 0.6 is 0 Å². The van der Waals surface area contributed by atoms with Gasteiger partial charge in [0, 0.05) is 6.04 Å². The van der Waals surface area contributed by atoms with Gasteiger partial charge < -0.3 is 10.1 Å². The van der Waals surface area contributed by atoms with Crippen LogP contribution in [0.3, 0.4) is 0 Å². The van der Waals surface area contributed by atoms with Crippen LogP contribution in [0.1, 0.15) is 36.0 Å². The smallest absolute Gasteiger partial charge is 0.125 e. The molecule has 1 aromatic rings. The fraction of sp³-hybridized carbons (Fsp3) is 0.600. The maximum Gasteiger partial charge on any atom is 0.125 e. The Balaban J connectivity index is 2.09. The molecule has 17 heavy (non-hydrogen) atoms. The standard InChI is InChI=1S/C15H23NO/c1-10-7-11(2)15(12(3)8-10)17-14-6-5-13(9-14)16-4/h7-8,13-14,16H,5-6,9H2,1-4H3. The molecule has 2 unspecified atom stereocenters. The summed E-state index contributed by atoms with van der Waals surface area (Å²) in [6.07, 6.45) is 3.90. The maximum atomic E-state index is 6.18. The van der Waals surface area contributed by atoms with E-state index < -0.39 is 0 Å². The number of ether oxygens (including phenoxy) is 1. The molecule has 2 rings (SSSR count). The van der Waals surface area contributed by atoms with Gasteiger partial charge in [0.2, 0.25) is 0 Å². The highest BCUT2D eigenvalue weighted by atomic mass is 16.5.